The van der Waals surface area contributed by atoms with Crippen LogP contribution in [0.15, 0.2) is 42.6 Å². The first-order valence-corrected chi connectivity index (χ1v) is 13.5. The number of rotatable bonds is 10. The number of halogens is 3. The fourth-order valence-corrected chi connectivity index (χ4v) is 5.13. The third-order valence-electron chi connectivity index (χ3n) is 7.13. The van der Waals surface area contributed by atoms with Crippen molar-refractivity contribution in [2.45, 2.75) is 44.7 Å². The largest absolute Gasteiger partial charge is 0.483 e. The van der Waals surface area contributed by atoms with Gasteiger partial charge in [-0.05, 0) is 43.2 Å². The summed E-state index contributed by atoms with van der Waals surface area (Å²) in [6.45, 7) is 2.81. The number of benzene rings is 2. The van der Waals surface area contributed by atoms with Crippen molar-refractivity contribution in [3.05, 3.63) is 76.5 Å². The second-order valence-corrected chi connectivity index (χ2v) is 10.4. The molecule has 2 aliphatic heterocycles. The van der Waals surface area contributed by atoms with Gasteiger partial charge in [-0.1, -0.05) is 11.6 Å². The molecule has 0 saturated carbocycles. The van der Waals surface area contributed by atoms with Gasteiger partial charge in [0.2, 0.25) is 5.88 Å². The molecule has 0 aliphatic carbocycles. The Labute approximate surface area is 238 Å². The van der Waals surface area contributed by atoms with Crippen LogP contribution in [0.5, 0.6) is 11.6 Å². The zero-order valence-corrected chi connectivity index (χ0v) is 22.6. The van der Waals surface area contributed by atoms with Crippen molar-refractivity contribution in [1.82, 2.24) is 24.4 Å². The number of carboxylic acid groups (broad SMARTS) is 1. The lowest BCUT2D eigenvalue weighted by molar-refractivity contribution is -0.0591. The lowest BCUT2D eigenvalue weighted by Gasteiger charge is -2.28. The number of aromatic nitrogens is 4. The van der Waals surface area contributed by atoms with Crippen LogP contribution in [0.4, 0.5) is 8.78 Å². The van der Waals surface area contributed by atoms with E-state index < -0.39 is 17.6 Å². The van der Waals surface area contributed by atoms with E-state index in [2.05, 4.69) is 19.9 Å². The van der Waals surface area contributed by atoms with Crippen LogP contribution in [-0.4, -0.2) is 67.4 Å². The average Bonchev–Trinajstić information content (AvgIpc) is 3.50. The molecule has 0 bridgehead atoms. The fraction of sp³-hybridized carbons (Fsp3) is 0.357. The molecule has 41 heavy (non-hydrogen) atoms. The molecule has 4 heterocycles. The summed E-state index contributed by atoms with van der Waals surface area (Å²) in [5, 5.41) is 9.70. The molecule has 2 atom stereocenters. The summed E-state index contributed by atoms with van der Waals surface area (Å²) < 4.78 is 47.9. The first-order valence-electron chi connectivity index (χ1n) is 13.1. The molecular formula is C28H26ClF2N5O5. The number of carboxylic acids is 1. The molecule has 4 aromatic rings. The predicted octanol–water partition coefficient (Wildman–Crippen LogP) is 4.48. The Balaban J connectivity index is 1.12. The third-order valence-corrected chi connectivity index (χ3v) is 7.36. The topological polar surface area (TPSA) is 112 Å². The maximum Gasteiger partial charge on any atom is 0.335 e. The van der Waals surface area contributed by atoms with E-state index in [1.165, 1.54) is 24.3 Å². The summed E-state index contributed by atoms with van der Waals surface area (Å²) in [7, 11) is 0. The number of carbonyl (C=O) groups is 1. The van der Waals surface area contributed by atoms with E-state index in [1.807, 2.05) is 4.57 Å². The molecule has 13 heteroatoms. The highest BCUT2D eigenvalue weighted by molar-refractivity contribution is 6.30. The van der Waals surface area contributed by atoms with Crippen LogP contribution in [0.25, 0.3) is 11.0 Å². The Bertz CT molecular complexity index is 1600. The molecule has 1 N–H and O–H groups in total. The summed E-state index contributed by atoms with van der Waals surface area (Å²) >= 11 is 5.78. The van der Waals surface area contributed by atoms with Gasteiger partial charge in [0.1, 0.15) is 24.1 Å². The highest BCUT2D eigenvalue weighted by atomic mass is 35.5. The first-order chi connectivity index (χ1) is 19.8. The van der Waals surface area contributed by atoms with Gasteiger partial charge in [-0.15, -0.1) is 0 Å². The first kappa shape index (κ1) is 27.3. The Kier molecular flexibility index (Phi) is 7.69. The zero-order valence-electron chi connectivity index (χ0n) is 21.8. The van der Waals surface area contributed by atoms with Crippen LogP contribution < -0.4 is 9.47 Å². The van der Waals surface area contributed by atoms with Gasteiger partial charge in [0.05, 0.1) is 30.3 Å². The van der Waals surface area contributed by atoms with Gasteiger partial charge in [0, 0.05) is 37.0 Å². The molecule has 2 aromatic carbocycles. The minimum absolute atomic E-state index is 0.0236. The van der Waals surface area contributed by atoms with Crippen molar-refractivity contribution in [3.8, 4) is 11.6 Å². The van der Waals surface area contributed by atoms with E-state index in [9.17, 15) is 18.7 Å². The third kappa shape index (κ3) is 6.09. The number of imidazole rings is 1. The van der Waals surface area contributed by atoms with Crippen molar-refractivity contribution in [1.29, 1.82) is 0 Å². The smallest absolute Gasteiger partial charge is 0.335 e. The summed E-state index contributed by atoms with van der Waals surface area (Å²) in [6.07, 6.45) is 2.98. The minimum Gasteiger partial charge on any atom is -0.483 e. The molecule has 2 aliphatic rings. The molecule has 0 amide bonds. The van der Waals surface area contributed by atoms with Crippen LogP contribution in [-0.2, 0) is 24.4 Å². The average molecular weight is 586 g/mol. The second-order valence-electron chi connectivity index (χ2n) is 9.99. The Morgan fingerprint density at radius 2 is 2.00 bits per heavy atom. The number of hydrogen-bond donors (Lipinski definition) is 1. The number of ether oxygens (including phenoxy) is 3. The van der Waals surface area contributed by atoms with Gasteiger partial charge >= 0.3 is 5.97 Å². The second kappa shape index (κ2) is 11.6. The fourth-order valence-electron chi connectivity index (χ4n) is 4.97. The highest BCUT2D eigenvalue weighted by Crippen LogP contribution is 2.27. The van der Waals surface area contributed by atoms with Gasteiger partial charge in [0.25, 0.3) is 0 Å². The van der Waals surface area contributed by atoms with E-state index in [0.29, 0.717) is 55.8 Å². The van der Waals surface area contributed by atoms with Gasteiger partial charge in [0.15, 0.2) is 23.2 Å². The van der Waals surface area contributed by atoms with Crippen LogP contribution in [0.3, 0.4) is 0 Å². The highest BCUT2D eigenvalue weighted by Gasteiger charge is 2.28. The Hall–Kier alpha value is -3.87. The molecule has 2 fully saturated rings. The standard InChI is InChI=1S/C28H26ClF2N5O5/c29-17-1-2-23(20(30)11-17)40-15-24-32-6-3-26(33-24)41-19-4-7-35(12-19)14-25-34-27-21(31)9-16(28(37)38)10-22(27)36(25)13-18-5-8-39-18/h1-3,6,9-11,18-19H,4-5,7-8,12-15H2,(H,37,38)/t18?,19-/m0/s1. The quantitative estimate of drug-likeness (QED) is 0.288. The van der Waals surface area contributed by atoms with Crippen LogP contribution >= 0.6 is 11.6 Å². The molecule has 0 spiro atoms. The molecule has 2 saturated heterocycles. The summed E-state index contributed by atoms with van der Waals surface area (Å²) in [4.78, 5) is 26.8. The van der Waals surface area contributed by atoms with Crippen molar-refractivity contribution < 1.29 is 32.9 Å². The van der Waals surface area contributed by atoms with Crippen molar-refractivity contribution >= 4 is 28.6 Å². The number of aromatic carboxylic acids is 1. The minimum atomic E-state index is -1.20. The van der Waals surface area contributed by atoms with Gasteiger partial charge < -0.3 is 23.9 Å². The number of fused-ring (bicyclic) bond motifs is 1. The van der Waals surface area contributed by atoms with Crippen LogP contribution in [0, 0.1) is 11.6 Å². The van der Waals surface area contributed by atoms with E-state index in [0.717, 1.165) is 18.9 Å². The molecule has 0 radical (unpaired) electrons. The van der Waals surface area contributed by atoms with Gasteiger partial charge in [-0.25, -0.2) is 23.5 Å². The summed E-state index contributed by atoms with van der Waals surface area (Å²) in [6, 6.07) is 8.26. The molecule has 10 nitrogen and oxygen atoms in total. The van der Waals surface area contributed by atoms with Crippen molar-refractivity contribution in [2.24, 2.45) is 0 Å². The number of hydrogen-bond acceptors (Lipinski definition) is 8. The normalized spacial score (nSPS) is 18.9. The molecule has 6 rings (SSSR count). The number of likely N-dealkylation sites (tertiary alicyclic amines) is 1. The molecule has 214 valence electrons. The predicted molar refractivity (Wildman–Crippen MR) is 143 cm³/mol. The van der Waals surface area contributed by atoms with Gasteiger partial charge in [-0.3, -0.25) is 4.90 Å². The van der Waals surface area contributed by atoms with Crippen LogP contribution in [0.1, 0.15) is 34.8 Å². The van der Waals surface area contributed by atoms with E-state index in [-0.39, 0.29) is 40.7 Å². The Morgan fingerprint density at radius 1 is 1.15 bits per heavy atom. The number of nitrogens with zero attached hydrogens (tertiary/aromatic N) is 5. The van der Waals surface area contributed by atoms with Gasteiger partial charge in [-0.2, -0.15) is 4.98 Å². The summed E-state index contributed by atoms with van der Waals surface area (Å²) in [5.41, 5.74) is 0.458. The maximum absolute atomic E-state index is 14.8. The van der Waals surface area contributed by atoms with E-state index in [4.69, 9.17) is 25.8 Å². The lowest BCUT2D eigenvalue weighted by Crippen LogP contribution is -2.33. The monoisotopic (exact) mass is 585 g/mol. The molecule has 1 unspecified atom stereocenters. The SMILES string of the molecule is O=C(O)c1cc(F)c2nc(CN3CC[C@H](Oc4ccnc(COc5ccc(Cl)cc5F)n4)C3)n(CC3CCO3)c2c1. The summed E-state index contributed by atoms with van der Waals surface area (Å²) in [5.74, 6) is -1.05. The maximum atomic E-state index is 14.8. The van der Waals surface area contributed by atoms with Crippen molar-refractivity contribution in [2.75, 3.05) is 19.7 Å². The Morgan fingerprint density at radius 3 is 2.76 bits per heavy atom. The van der Waals surface area contributed by atoms with E-state index in [1.54, 1.807) is 12.3 Å². The lowest BCUT2D eigenvalue weighted by atomic mass is 10.1. The van der Waals surface area contributed by atoms with Crippen molar-refractivity contribution in [3.63, 3.8) is 0 Å². The molecule has 2 aromatic heterocycles. The van der Waals surface area contributed by atoms with Crippen LogP contribution in [0.2, 0.25) is 5.02 Å². The molecular weight excluding hydrogens is 560 g/mol. The van der Waals surface area contributed by atoms with E-state index >= 15 is 0 Å². The zero-order chi connectivity index (χ0) is 28.5.